The average Bonchev–Trinajstić information content (AvgIpc) is 2.47. The third-order valence-electron chi connectivity index (χ3n) is 3.49. The lowest BCUT2D eigenvalue weighted by Crippen LogP contribution is -2.30. The van der Waals surface area contributed by atoms with Gasteiger partial charge in [-0.15, -0.1) is 0 Å². The van der Waals surface area contributed by atoms with Crippen molar-refractivity contribution >= 4 is 21.6 Å². The maximum Gasteiger partial charge on any atom is 0.122 e. The molecule has 0 aliphatic heterocycles. The van der Waals surface area contributed by atoms with Crippen molar-refractivity contribution in [2.75, 3.05) is 12.8 Å². The molecule has 4 nitrogen and oxygen atoms in total. The molecule has 0 aliphatic carbocycles. The minimum atomic E-state index is -0.0850. The van der Waals surface area contributed by atoms with E-state index in [9.17, 15) is 0 Å². The number of rotatable bonds is 5. The van der Waals surface area contributed by atoms with E-state index in [1.807, 2.05) is 30.3 Å². The van der Waals surface area contributed by atoms with Crippen LogP contribution in [0, 0.1) is 6.92 Å². The molecule has 0 aromatic heterocycles. The SMILES string of the molecule is COc1ccc(C)cc1CC(NN)c1cc(Br)ccc1N. The van der Waals surface area contributed by atoms with Crippen LogP contribution < -0.4 is 21.7 Å². The van der Waals surface area contributed by atoms with Crippen LogP contribution in [0.15, 0.2) is 40.9 Å². The Morgan fingerprint density at radius 3 is 2.67 bits per heavy atom. The van der Waals surface area contributed by atoms with E-state index in [2.05, 4.69) is 34.3 Å². The molecule has 0 fully saturated rings. The predicted octanol–water partition coefficient (Wildman–Crippen LogP) is 3.10. The van der Waals surface area contributed by atoms with E-state index in [-0.39, 0.29) is 6.04 Å². The van der Waals surface area contributed by atoms with Gasteiger partial charge in [0, 0.05) is 10.2 Å². The van der Waals surface area contributed by atoms with Crippen molar-refractivity contribution in [2.24, 2.45) is 5.84 Å². The number of hydrogen-bond donors (Lipinski definition) is 3. The van der Waals surface area contributed by atoms with Crippen LogP contribution in [0.5, 0.6) is 5.75 Å². The van der Waals surface area contributed by atoms with Gasteiger partial charge in [0.05, 0.1) is 13.2 Å². The topological polar surface area (TPSA) is 73.3 Å². The van der Waals surface area contributed by atoms with Gasteiger partial charge in [0.1, 0.15) is 5.75 Å². The molecule has 0 heterocycles. The number of nitrogens with two attached hydrogens (primary N) is 2. The standard InChI is InChI=1S/C16H20BrN3O/c1-10-3-6-16(21-2)11(7-10)8-15(20-19)13-9-12(17)4-5-14(13)18/h3-7,9,15,20H,8,18-19H2,1-2H3. The summed E-state index contributed by atoms with van der Waals surface area (Å²) in [5.74, 6) is 6.60. The maximum absolute atomic E-state index is 6.07. The van der Waals surface area contributed by atoms with Crippen molar-refractivity contribution in [1.29, 1.82) is 0 Å². The normalized spacial score (nSPS) is 12.2. The Morgan fingerprint density at radius 2 is 2.00 bits per heavy atom. The van der Waals surface area contributed by atoms with Crippen LogP contribution in [0.3, 0.4) is 0 Å². The number of hydrazine groups is 1. The Labute approximate surface area is 133 Å². The summed E-state index contributed by atoms with van der Waals surface area (Å²) in [6.07, 6.45) is 0.696. The van der Waals surface area contributed by atoms with E-state index in [1.165, 1.54) is 5.56 Å². The summed E-state index contributed by atoms with van der Waals surface area (Å²) in [7, 11) is 1.67. The average molecular weight is 350 g/mol. The second-order valence-corrected chi connectivity index (χ2v) is 5.93. The highest BCUT2D eigenvalue weighted by Gasteiger charge is 2.16. The lowest BCUT2D eigenvalue weighted by Gasteiger charge is -2.20. The van der Waals surface area contributed by atoms with E-state index in [4.69, 9.17) is 16.3 Å². The van der Waals surface area contributed by atoms with E-state index in [0.29, 0.717) is 12.1 Å². The molecule has 5 heteroatoms. The number of aryl methyl sites for hydroxylation is 1. The van der Waals surface area contributed by atoms with Gasteiger partial charge in [0.15, 0.2) is 0 Å². The first kappa shape index (κ1) is 15.8. The fraction of sp³-hybridized carbons (Fsp3) is 0.250. The summed E-state index contributed by atoms with van der Waals surface area (Å²) in [6.45, 7) is 2.06. The zero-order chi connectivity index (χ0) is 15.4. The molecule has 2 aromatic carbocycles. The molecule has 0 amide bonds. The molecule has 0 bridgehead atoms. The van der Waals surface area contributed by atoms with E-state index >= 15 is 0 Å². The summed E-state index contributed by atoms with van der Waals surface area (Å²) in [4.78, 5) is 0. The quantitative estimate of drug-likeness (QED) is 0.440. The first-order valence-corrected chi connectivity index (χ1v) is 7.49. The number of benzene rings is 2. The first-order chi connectivity index (χ1) is 10.0. The van der Waals surface area contributed by atoms with Gasteiger partial charge in [-0.25, -0.2) is 0 Å². The van der Waals surface area contributed by atoms with E-state index < -0.39 is 0 Å². The molecule has 21 heavy (non-hydrogen) atoms. The smallest absolute Gasteiger partial charge is 0.122 e. The van der Waals surface area contributed by atoms with E-state index in [0.717, 1.165) is 21.3 Å². The molecule has 0 aliphatic rings. The maximum atomic E-state index is 6.07. The van der Waals surface area contributed by atoms with Crippen LogP contribution >= 0.6 is 15.9 Å². The molecule has 0 radical (unpaired) electrons. The molecule has 1 atom stereocenters. The molecular formula is C16H20BrN3O. The fourth-order valence-corrected chi connectivity index (χ4v) is 2.77. The summed E-state index contributed by atoms with van der Waals surface area (Å²) >= 11 is 3.47. The van der Waals surface area contributed by atoms with Crippen LogP contribution in [-0.4, -0.2) is 7.11 Å². The second-order valence-electron chi connectivity index (χ2n) is 5.01. The summed E-state index contributed by atoms with van der Waals surface area (Å²) in [6, 6.07) is 11.8. The number of methoxy groups -OCH3 is 1. The molecular weight excluding hydrogens is 330 g/mol. The van der Waals surface area contributed by atoms with Gasteiger partial charge in [0.25, 0.3) is 0 Å². The van der Waals surface area contributed by atoms with Gasteiger partial charge in [0.2, 0.25) is 0 Å². The van der Waals surface area contributed by atoms with Crippen molar-refractivity contribution in [2.45, 2.75) is 19.4 Å². The molecule has 0 saturated heterocycles. The van der Waals surface area contributed by atoms with Crippen molar-refractivity contribution in [3.05, 3.63) is 57.6 Å². The van der Waals surface area contributed by atoms with Crippen LogP contribution in [0.1, 0.15) is 22.7 Å². The third-order valence-corrected chi connectivity index (χ3v) is 3.98. The number of ether oxygens (including phenoxy) is 1. The highest BCUT2D eigenvalue weighted by atomic mass is 79.9. The van der Waals surface area contributed by atoms with Crippen molar-refractivity contribution < 1.29 is 4.74 Å². The number of halogens is 1. The number of anilines is 1. The Kier molecular flexibility index (Phi) is 5.22. The van der Waals surface area contributed by atoms with E-state index in [1.54, 1.807) is 7.11 Å². The Bertz CT molecular complexity index is 631. The van der Waals surface area contributed by atoms with Gasteiger partial charge < -0.3 is 10.5 Å². The van der Waals surface area contributed by atoms with Gasteiger partial charge in [-0.05, 0) is 48.7 Å². The molecule has 1 unspecified atom stereocenters. The lowest BCUT2D eigenvalue weighted by atomic mass is 9.96. The number of nitrogens with one attached hydrogen (secondary N) is 1. The molecule has 2 rings (SSSR count). The van der Waals surface area contributed by atoms with Gasteiger partial charge in [-0.2, -0.15) is 0 Å². The van der Waals surface area contributed by atoms with Crippen molar-refractivity contribution in [1.82, 2.24) is 5.43 Å². The summed E-state index contributed by atoms with van der Waals surface area (Å²) in [5, 5.41) is 0. The molecule has 0 saturated carbocycles. The van der Waals surface area contributed by atoms with Crippen molar-refractivity contribution in [3.63, 3.8) is 0 Å². The lowest BCUT2D eigenvalue weighted by molar-refractivity contribution is 0.405. The largest absolute Gasteiger partial charge is 0.496 e. The van der Waals surface area contributed by atoms with Gasteiger partial charge in [-0.3, -0.25) is 11.3 Å². The minimum absolute atomic E-state index is 0.0850. The highest BCUT2D eigenvalue weighted by Crippen LogP contribution is 2.30. The molecule has 0 spiro atoms. The minimum Gasteiger partial charge on any atom is -0.496 e. The number of nitrogen functional groups attached to an aromatic ring is 1. The van der Waals surface area contributed by atoms with Crippen LogP contribution in [-0.2, 0) is 6.42 Å². The Morgan fingerprint density at radius 1 is 1.24 bits per heavy atom. The highest BCUT2D eigenvalue weighted by molar-refractivity contribution is 9.10. The Hall–Kier alpha value is -1.56. The zero-order valence-electron chi connectivity index (χ0n) is 12.2. The molecule has 112 valence electrons. The molecule has 2 aromatic rings. The second kappa shape index (κ2) is 6.93. The zero-order valence-corrected chi connectivity index (χ0v) is 13.8. The van der Waals surface area contributed by atoms with Gasteiger partial charge in [-0.1, -0.05) is 33.6 Å². The summed E-state index contributed by atoms with van der Waals surface area (Å²) < 4.78 is 6.40. The predicted molar refractivity (Wildman–Crippen MR) is 90.1 cm³/mol. The first-order valence-electron chi connectivity index (χ1n) is 6.69. The monoisotopic (exact) mass is 349 g/mol. The van der Waals surface area contributed by atoms with Crippen LogP contribution in [0.2, 0.25) is 0 Å². The third kappa shape index (κ3) is 3.75. The summed E-state index contributed by atoms with van der Waals surface area (Å²) in [5.41, 5.74) is 12.9. The number of hydrogen-bond acceptors (Lipinski definition) is 4. The van der Waals surface area contributed by atoms with Crippen molar-refractivity contribution in [3.8, 4) is 5.75 Å². The Balaban J connectivity index is 2.35. The van der Waals surface area contributed by atoms with Crippen LogP contribution in [0.25, 0.3) is 0 Å². The van der Waals surface area contributed by atoms with Gasteiger partial charge >= 0.3 is 0 Å². The fourth-order valence-electron chi connectivity index (χ4n) is 2.39. The van der Waals surface area contributed by atoms with Crippen LogP contribution in [0.4, 0.5) is 5.69 Å². The molecule has 5 N–H and O–H groups in total.